The van der Waals surface area contributed by atoms with Gasteiger partial charge < -0.3 is 10.0 Å². The quantitative estimate of drug-likeness (QED) is 0.879. The van der Waals surface area contributed by atoms with Crippen molar-refractivity contribution in [3.05, 3.63) is 53.9 Å². The van der Waals surface area contributed by atoms with Crippen LogP contribution in [0.1, 0.15) is 16.1 Å². The van der Waals surface area contributed by atoms with Crippen molar-refractivity contribution in [3.8, 4) is 5.75 Å². The van der Waals surface area contributed by atoms with E-state index in [2.05, 4.69) is 4.98 Å². The second-order valence-corrected chi connectivity index (χ2v) is 4.07. The number of nitrogens with zero attached hydrogens (tertiary/aromatic N) is 2. The first-order valence-corrected chi connectivity index (χ1v) is 5.57. The maximum Gasteiger partial charge on any atom is 0.259 e. The first-order chi connectivity index (χ1) is 8.58. The molecule has 18 heavy (non-hydrogen) atoms. The van der Waals surface area contributed by atoms with Gasteiger partial charge in [0.2, 0.25) is 0 Å². The largest absolute Gasteiger partial charge is 0.508 e. The van der Waals surface area contributed by atoms with Crippen molar-refractivity contribution < 1.29 is 9.90 Å². The van der Waals surface area contributed by atoms with Crippen molar-refractivity contribution in [1.82, 2.24) is 4.98 Å². The number of carbonyl (C=O) groups excluding carboxylic acids is 1. The smallest absolute Gasteiger partial charge is 0.259 e. The highest BCUT2D eigenvalue weighted by Gasteiger charge is 2.13. The Kier molecular flexibility index (Phi) is 3.28. The number of carbonyl (C=O) groups is 1. The van der Waals surface area contributed by atoms with Gasteiger partial charge in [0, 0.05) is 24.6 Å². The Hall–Kier alpha value is -2.36. The fraction of sp³-hybridized carbons (Fsp3) is 0.143. The molecule has 2 rings (SSSR count). The molecule has 0 fully saturated rings. The summed E-state index contributed by atoms with van der Waals surface area (Å²) in [5, 5.41) is 9.21. The van der Waals surface area contributed by atoms with E-state index in [4.69, 9.17) is 0 Å². The zero-order valence-electron chi connectivity index (χ0n) is 10.3. The van der Waals surface area contributed by atoms with Gasteiger partial charge in [0.1, 0.15) is 5.75 Å². The molecule has 1 aromatic heterocycles. The number of amides is 1. The number of anilines is 1. The molecule has 0 saturated heterocycles. The Labute approximate surface area is 106 Å². The van der Waals surface area contributed by atoms with Crippen molar-refractivity contribution in [2.24, 2.45) is 0 Å². The lowest BCUT2D eigenvalue weighted by atomic mass is 10.2. The van der Waals surface area contributed by atoms with E-state index in [1.807, 2.05) is 6.92 Å². The van der Waals surface area contributed by atoms with Gasteiger partial charge in [0.15, 0.2) is 0 Å². The van der Waals surface area contributed by atoms with E-state index < -0.39 is 0 Å². The number of rotatable bonds is 2. The molecule has 1 heterocycles. The molecule has 0 aliphatic carbocycles. The highest BCUT2D eigenvalue weighted by molar-refractivity contribution is 6.05. The summed E-state index contributed by atoms with van der Waals surface area (Å²) in [6.07, 6.45) is 1.56. The van der Waals surface area contributed by atoms with E-state index >= 15 is 0 Å². The minimum absolute atomic E-state index is 0.131. The summed E-state index contributed by atoms with van der Waals surface area (Å²) in [5.41, 5.74) is 2.13. The summed E-state index contributed by atoms with van der Waals surface area (Å²) in [5.74, 6) is 0.0461. The van der Waals surface area contributed by atoms with E-state index in [-0.39, 0.29) is 11.7 Å². The van der Waals surface area contributed by atoms with Gasteiger partial charge in [-0.05, 0) is 43.3 Å². The molecule has 0 spiro atoms. The summed E-state index contributed by atoms with van der Waals surface area (Å²) >= 11 is 0. The third-order valence-corrected chi connectivity index (χ3v) is 2.70. The van der Waals surface area contributed by atoms with Crippen LogP contribution in [0.4, 0.5) is 5.69 Å². The number of benzene rings is 1. The average Bonchev–Trinajstić information content (AvgIpc) is 2.39. The maximum atomic E-state index is 12.2. The third kappa shape index (κ3) is 2.48. The van der Waals surface area contributed by atoms with Gasteiger partial charge in [-0.2, -0.15) is 0 Å². The lowest BCUT2D eigenvalue weighted by Gasteiger charge is -2.17. The van der Waals surface area contributed by atoms with Gasteiger partial charge in [0.05, 0.1) is 5.56 Å². The van der Waals surface area contributed by atoms with Crippen molar-refractivity contribution in [2.45, 2.75) is 6.92 Å². The minimum atomic E-state index is -0.131. The number of aromatic nitrogens is 1. The molecule has 0 saturated carbocycles. The lowest BCUT2D eigenvalue weighted by molar-refractivity contribution is 0.0992. The molecule has 1 aromatic carbocycles. The van der Waals surface area contributed by atoms with Crippen LogP contribution in [0.15, 0.2) is 42.6 Å². The summed E-state index contributed by atoms with van der Waals surface area (Å²) < 4.78 is 0. The summed E-state index contributed by atoms with van der Waals surface area (Å²) in [6, 6.07) is 10.0. The minimum Gasteiger partial charge on any atom is -0.508 e. The highest BCUT2D eigenvalue weighted by atomic mass is 16.3. The van der Waals surface area contributed by atoms with Crippen LogP contribution in [0.3, 0.4) is 0 Å². The van der Waals surface area contributed by atoms with Crippen LogP contribution >= 0.6 is 0 Å². The molecule has 0 radical (unpaired) electrons. The number of aryl methyl sites for hydroxylation is 1. The van der Waals surface area contributed by atoms with Crippen molar-refractivity contribution in [3.63, 3.8) is 0 Å². The Morgan fingerprint density at radius 2 is 1.83 bits per heavy atom. The summed E-state index contributed by atoms with van der Waals surface area (Å²) in [7, 11) is 1.69. The molecule has 2 aromatic rings. The molecule has 4 heteroatoms. The molecule has 1 N–H and O–H groups in total. The topological polar surface area (TPSA) is 53.4 Å². The van der Waals surface area contributed by atoms with Gasteiger partial charge >= 0.3 is 0 Å². The first kappa shape index (κ1) is 12.1. The zero-order chi connectivity index (χ0) is 13.1. The number of aromatic hydroxyl groups is 1. The molecule has 0 unspecified atom stereocenters. The van der Waals surface area contributed by atoms with Crippen LogP contribution < -0.4 is 4.90 Å². The number of hydrogen-bond donors (Lipinski definition) is 1. The number of pyridine rings is 1. The molecule has 4 nitrogen and oxygen atoms in total. The van der Waals surface area contributed by atoms with Gasteiger partial charge in [-0.3, -0.25) is 9.78 Å². The standard InChI is InChI=1S/C14H14N2O2/c1-10-3-4-11(9-15-10)14(18)16(2)12-5-7-13(17)8-6-12/h3-9,17H,1-2H3. The Bertz CT molecular complexity index is 547. The van der Waals surface area contributed by atoms with Crippen LogP contribution in [0.5, 0.6) is 5.75 Å². The predicted octanol–water partition coefficient (Wildman–Crippen LogP) is 2.37. The fourth-order valence-electron chi connectivity index (χ4n) is 1.58. The molecule has 1 amide bonds. The lowest BCUT2D eigenvalue weighted by Crippen LogP contribution is -2.26. The van der Waals surface area contributed by atoms with Gasteiger partial charge in [-0.15, -0.1) is 0 Å². The summed E-state index contributed by atoms with van der Waals surface area (Å²) in [4.78, 5) is 17.8. The van der Waals surface area contributed by atoms with Crippen LogP contribution in [0, 0.1) is 6.92 Å². The Morgan fingerprint density at radius 3 is 2.39 bits per heavy atom. The van der Waals surface area contributed by atoms with Gasteiger partial charge in [-0.25, -0.2) is 0 Å². The normalized spacial score (nSPS) is 10.1. The molecule has 0 aliphatic heterocycles. The van der Waals surface area contributed by atoms with Crippen LogP contribution in [-0.4, -0.2) is 23.0 Å². The summed E-state index contributed by atoms with van der Waals surface area (Å²) in [6.45, 7) is 1.87. The predicted molar refractivity (Wildman–Crippen MR) is 69.8 cm³/mol. The molecular formula is C14H14N2O2. The van der Waals surface area contributed by atoms with Crippen molar-refractivity contribution >= 4 is 11.6 Å². The first-order valence-electron chi connectivity index (χ1n) is 5.57. The molecule has 0 atom stereocenters. The second-order valence-electron chi connectivity index (χ2n) is 4.07. The molecule has 92 valence electrons. The fourth-order valence-corrected chi connectivity index (χ4v) is 1.58. The molecule has 0 bridgehead atoms. The van der Waals surface area contributed by atoms with Crippen LogP contribution in [-0.2, 0) is 0 Å². The van der Waals surface area contributed by atoms with Gasteiger partial charge in [-0.1, -0.05) is 0 Å². The van der Waals surface area contributed by atoms with E-state index in [1.54, 1.807) is 49.6 Å². The second kappa shape index (κ2) is 4.87. The monoisotopic (exact) mass is 242 g/mol. The Balaban J connectivity index is 2.23. The van der Waals surface area contributed by atoms with E-state index in [1.165, 1.54) is 4.90 Å². The molecular weight excluding hydrogens is 228 g/mol. The van der Waals surface area contributed by atoms with Crippen LogP contribution in [0.2, 0.25) is 0 Å². The number of phenolic OH excluding ortho intramolecular Hbond substituents is 1. The van der Waals surface area contributed by atoms with Crippen molar-refractivity contribution in [1.29, 1.82) is 0 Å². The van der Waals surface area contributed by atoms with Crippen LogP contribution in [0.25, 0.3) is 0 Å². The third-order valence-electron chi connectivity index (χ3n) is 2.70. The van der Waals surface area contributed by atoms with Gasteiger partial charge in [0.25, 0.3) is 5.91 Å². The SMILES string of the molecule is Cc1ccc(C(=O)N(C)c2ccc(O)cc2)cn1. The van der Waals surface area contributed by atoms with E-state index in [0.717, 1.165) is 11.4 Å². The van der Waals surface area contributed by atoms with E-state index in [9.17, 15) is 9.90 Å². The van der Waals surface area contributed by atoms with Crippen molar-refractivity contribution in [2.75, 3.05) is 11.9 Å². The highest BCUT2D eigenvalue weighted by Crippen LogP contribution is 2.18. The molecule has 0 aliphatic rings. The number of hydrogen-bond acceptors (Lipinski definition) is 3. The zero-order valence-corrected chi connectivity index (χ0v) is 10.3. The Morgan fingerprint density at radius 1 is 1.17 bits per heavy atom. The maximum absolute atomic E-state index is 12.2. The number of phenols is 1. The van der Waals surface area contributed by atoms with E-state index in [0.29, 0.717) is 5.56 Å². The average molecular weight is 242 g/mol.